The van der Waals surface area contributed by atoms with E-state index in [9.17, 15) is 5.11 Å². The zero-order chi connectivity index (χ0) is 4.12. The first-order valence-electron chi connectivity index (χ1n) is 1.61. The standard InChI is InChI=1S/C4H7O/c1-2-3-4-5/h2-3H,4H2,1H3. The summed E-state index contributed by atoms with van der Waals surface area (Å²) in [6.07, 6.45) is 3.31. The third-order valence-corrected chi connectivity index (χ3v) is 0.332. The van der Waals surface area contributed by atoms with E-state index < -0.39 is 0 Å². The molecule has 0 N–H and O–H groups in total. The highest BCUT2D eigenvalue weighted by atomic mass is 16.2. The van der Waals surface area contributed by atoms with Crippen LogP contribution in [0.3, 0.4) is 0 Å². The summed E-state index contributed by atoms with van der Waals surface area (Å²) in [5.74, 6) is 0. The predicted molar refractivity (Wildman–Crippen MR) is 20.4 cm³/mol. The maximum atomic E-state index is 9.44. The van der Waals surface area contributed by atoms with E-state index in [0.717, 1.165) is 0 Å². The Morgan fingerprint density at radius 2 is 2.40 bits per heavy atom. The van der Waals surface area contributed by atoms with Crippen LogP contribution in [-0.4, -0.2) is 6.61 Å². The molecule has 1 heteroatoms. The van der Waals surface area contributed by atoms with Crippen molar-refractivity contribution in [1.29, 1.82) is 0 Å². The molecule has 0 bridgehead atoms. The zero-order valence-corrected chi connectivity index (χ0v) is 3.27. The largest absolute Gasteiger partial charge is 0.232 e. The summed E-state index contributed by atoms with van der Waals surface area (Å²) in [5.41, 5.74) is 0. The highest BCUT2D eigenvalue weighted by molar-refractivity contribution is 4.74. The predicted octanol–water partition coefficient (Wildman–Crippen LogP) is 0.993. The Balaban J connectivity index is 2.62. The highest BCUT2D eigenvalue weighted by Gasteiger charge is 1.55. The Labute approximate surface area is 31.9 Å². The molecule has 0 aromatic rings. The lowest BCUT2D eigenvalue weighted by Gasteiger charge is -1.62. The zero-order valence-electron chi connectivity index (χ0n) is 3.27. The van der Waals surface area contributed by atoms with Gasteiger partial charge in [-0.15, -0.1) is 0 Å². The molecule has 0 amide bonds. The molecular weight excluding hydrogens is 64.0 g/mol. The molecule has 0 aliphatic carbocycles. The van der Waals surface area contributed by atoms with Gasteiger partial charge in [0.1, 0.15) is 6.61 Å². The maximum absolute atomic E-state index is 9.44. The maximum Gasteiger partial charge on any atom is 0.100 e. The van der Waals surface area contributed by atoms with E-state index in [2.05, 4.69) is 0 Å². The Kier molecular flexibility index (Phi) is 3.48. The first-order valence-corrected chi connectivity index (χ1v) is 1.61. The summed E-state index contributed by atoms with van der Waals surface area (Å²) in [4.78, 5) is 0. The molecule has 0 aliphatic heterocycles. The molecule has 0 saturated heterocycles. The molecule has 0 atom stereocenters. The number of allylic oxidation sites excluding steroid dienone is 1. The van der Waals surface area contributed by atoms with Crippen molar-refractivity contribution in [3.05, 3.63) is 12.2 Å². The van der Waals surface area contributed by atoms with E-state index in [1.54, 1.807) is 12.2 Å². The second kappa shape index (κ2) is 3.70. The fourth-order valence-electron chi connectivity index (χ4n) is 0.0962. The molecule has 0 unspecified atom stereocenters. The summed E-state index contributed by atoms with van der Waals surface area (Å²) in [6, 6.07) is 0. The quantitative estimate of drug-likeness (QED) is 0.411. The first kappa shape index (κ1) is 4.70. The summed E-state index contributed by atoms with van der Waals surface area (Å²) < 4.78 is 0. The van der Waals surface area contributed by atoms with Crippen LogP contribution in [0.1, 0.15) is 6.92 Å². The lowest BCUT2D eigenvalue weighted by Crippen LogP contribution is -1.61. The van der Waals surface area contributed by atoms with Gasteiger partial charge >= 0.3 is 0 Å². The van der Waals surface area contributed by atoms with Gasteiger partial charge in [-0.05, 0) is 6.92 Å². The molecule has 1 nitrogen and oxygen atoms in total. The van der Waals surface area contributed by atoms with Gasteiger partial charge in [0.05, 0.1) is 0 Å². The topological polar surface area (TPSA) is 19.9 Å². The Bertz CT molecular complexity index is 30.6. The van der Waals surface area contributed by atoms with Crippen LogP contribution < -0.4 is 0 Å². The molecule has 0 aliphatic rings. The minimum absolute atomic E-state index is 0.0868. The molecule has 0 heterocycles. The van der Waals surface area contributed by atoms with Crippen LogP contribution >= 0.6 is 0 Å². The highest BCUT2D eigenvalue weighted by Crippen LogP contribution is 1.61. The van der Waals surface area contributed by atoms with Gasteiger partial charge in [-0.25, -0.2) is 5.11 Å². The lowest BCUT2D eigenvalue weighted by atomic mass is 10.6. The number of hydrogen-bond acceptors (Lipinski definition) is 0. The SMILES string of the molecule is CC=CC[O]. The molecule has 29 valence electrons. The van der Waals surface area contributed by atoms with Crippen LogP contribution in [0, 0.1) is 0 Å². The van der Waals surface area contributed by atoms with Crippen molar-refractivity contribution in [1.82, 2.24) is 0 Å². The van der Waals surface area contributed by atoms with Gasteiger partial charge in [-0.1, -0.05) is 12.2 Å². The Morgan fingerprint density at radius 1 is 1.80 bits per heavy atom. The minimum Gasteiger partial charge on any atom is -0.232 e. The van der Waals surface area contributed by atoms with Crippen molar-refractivity contribution >= 4 is 0 Å². The van der Waals surface area contributed by atoms with E-state index in [0.29, 0.717) is 0 Å². The lowest BCUT2D eigenvalue weighted by molar-refractivity contribution is 0.232. The molecule has 0 spiro atoms. The van der Waals surface area contributed by atoms with Crippen molar-refractivity contribution in [2.24, 2.45) is 0 Å². The van der Waals surface area contributed by atoms with Crippen LogP contribution in [0.5, 0.6) is 0 Å². The summed E-state index contributed by atoms with van der Waals surface area (Å²) in [5, 5.41) is 9.44. The van der Waals surface area contributed by atoms with Gasteiger partial charge in [-0.3, -0.25) is 0 Å². The van der Waals surface area contributed by atoms with E-state index >= 15 is 0 Å². The van der Waals surface area contributed by atoms with Crippen LogP contribution in [0.15, 0.2) is 12.2 Å². The Morgan fingerprint density at radius 3 is 2.40 bits per heavy atom. The van der Waals surface area contributed by atoms with Crippen molar-refractivity contribution in [3.8, 4) is 0 Å². The summed E-state index contributed by atoms with van der Waals surface area (Å²) >= 11 is 0. The number of hydrogen-bond donors (Lipinski definition) is 0. The van der Waals surface area contributed by atoms with Gasteiger partial charge < -0.3 is 0 Å². The van der Waals surface area contributed by atoms with Crippen molar-refractivity contribution in [2.75, 3.05) is 6.61 Å². The average Bonchev–Trinajstić information content (AvgIpc) is 1.41. The van der Waals surface area contributed by atoms with Crippen molar-refractivity contribution in [2.45, 2.75) is 6.92 Å². The van der Waals surface area contributed by atoms with E-state index in [-0.39, 0.29) is 6.61 Å². The third kappa shape index (κ3) is 3.70. The molecule has 0 saturated carbocycles. The van der Waals surface area contributed by atoms with Crippen LogP contribution in [0.2, 0.25) is 0 Å². The molecule has 1 radical (unpaired) electrons. The molecule has 0 fully saturated rings. The smallest absolute Gasteiger partial charge is 0.100 e. The molecule has 0 rings (SSSR count). The number of rotatable bonds is 1. The minimum atomic E-state index is -0.0868. The molecule has 5 heavy (non-hydrogen) atoms. The van der Waals surface area contributed by atoms with Crippen LogP contribution in [-0.2, 0) is 5.11 Å². The first-order chi connectivity index (χ1) is 2.41. The molecule has 0 aromatic carbocycles. The average molecular weight is 71.1 g/mol. The van der Waals surface area contributed by atoms with Gasteiger partial charge in [0, 0.05) is 0 Å². The van der Waals surface area contributed by atoms with Gasteiger partial charge in [0.15, 0.2) is 0 Å². The van der Waals surface area contributed by atoms with Crippen molar-refractivity contribution < 1.29 is 5.11 Å². The Hall–Kier alpha value is -0.300. The van der Waals surface area contributed by atoms with Crippen LogP contribution in [0.4, 0.5) is 0 Å². The second-order valence-electron chi connectivity index (χ2n) is 0.736. The molecular formula is C4H7O. The fraction of sp³-hybridized carbons (Fsp3) is 0.500. The molecule has 0 aromatic heterocycles. The van der Waals surface area contributed by atoms with Gasteiger partial charge in [0.25, 0.3) is 0 Å². The van der Waals surface area contributed by atoms with E-state index in [4.69, 9.17) is 0 Å². The normalized spacial score (nSPS) is 10.0. The monoisotopic (exact) mass is 71.0 g/mol. The summed E-state index contributed by atoms with van der Waals surface area (Å²) in [7, 11) is 0. The second-order valence-corrected chi connectivity index (χ2v) is 0.736. The van der Waals surface area contributed by atoms with Crippen LogP contribution in [0.25, 0.3) is 0 Å². The summed E-state index contributed by atoms with van der Waals surface area (Å²) in [6.45, 7) is 1.74. The fourth-order valence-corrected chi connectivity index (χ4v) is 0.0962. The van der Waals surface area contributed by atoms with Gasteiger partial charge in [-0.2, -0.15) is 0 Å². The van der Waals surface area contributed by atoms with Crippen molar-refractivity contribution in [3.63, 3.8) is 0 Å². The van der Waals surface area contributed by atoms with Gasteiger partial charge in [0.2, 0.25) is 0 Å². The van der Waals surface area contributed by atoms with E-state index in [1.807, 2.05) is 6.92 Å². The third-order valence-electron chi connectivity index (χ3n) is 0.332. The van der Waals surface area contributed by atoms with E-state index in [1.165, 1.54) is 0 Å².